The van der Waals surface area contributed by atoms with Crippen LogP contribution in [-0.4, -0.2) is 13.2 Å². The maximum absolute atomic E-state index is 12.6. The van der Waals surface area contributed by atoms with Gasteiger partial charge in [0.25, 0.3) is 0 Å². The number of hydrogen-bond donors (Lipinski definition) is 0. The summed E-state index contributed by atoms with van der Waals surface area (Å²) in [6.07, 6.45) is 1.88. The van der Waals surface area contributed by atoms with E-state index in [9.17, 15) is 9.59 Å². The fraction of sp³-hybridized carbons (Fsp3) is 0.188. The van der Waals surface area contributed by atoms with Gasteiger partial charge in [-0.1, -0.05) is 49.7 Å². The Labute approximate surface area is 239 Å². The van der Waals surface area contributed by atoms with Crippen molar-refractivity contribution in [2.75, 3.05) is 13.2 Å². The Balaban J connectivity index is 0.000000158. The maximum Gasteiger partial charge on any atom is 0.197 e. The molecule has 2 heterocycles. The van der Waals surface area contributed by atoms with Gasteiger partial charge < -0.3 is 9.47 Å². The molecule has 0 aliphatic rings. The molecule has 198 valence electrons. The molecular weight excluding hydrogens is 548 g/mol. The lowest BCUT2D eigenvalue weighted by molar-refractivity contribution is 0.318. The Morgan fingerprint density at radius 3 is 2.00 bits per heavy atom. The fourth-order valence-corrected chi connectivity index (χ4v) is 6.78. The van der Waals surface area contributed by atoms with E-state index in [1.54, 1.807) is 28.7 Å². The van der Waals surface area contributed by atoms with Crippen LogP contribution in [-0.2, 0) is 0 Å². The molecule has 0 N–H and O–H groups in total. The van der Waals surface area contributed by atoms with Gasteiger partial charge in [0.15, 0.2) is 10.9 Å². The summed E-state index contributed by atoms with van der Waals surface area (Å²) in [4.78, 5) is 25.1. The van der Waals surface area contributed by atoms with Crippen molar-refractivity contribution >= 4 is 74.6 Å². The maximum atomic E-state index is 12.6. The van der Waals surface area contributed by atoms with Crippen molar-refractivity contribution < 1.29 is 9.47 Å². The Morgan fingerprint density at radius 1 is 0.667 bits per heavy atom. The Hall–Kier alpha value is -3.45. The standard InChI is InChI=1S/C16H13ClO2S.C16H14O2S/c1-2-9-19-12-8-7-11(17)14-15(18)10-5-3-4-6-13(10)20-16(12)14;1-2-9-18-11-7-8-15-13(10-11)16(17)12-5-3-4-6-14(12)19-15/h3-8H,2,9H2,1H3;3-8,10H,2,9H2,1H3. The summed E-state index contributed by atoms with van der Waals surface area (Å²) in [5.74, 6) is 1.51. The first-order valence-electron chi connectivity index (χ1n) is 12.9. The van der Waals surface area contributed by atoms with Crippen LogP contribution >= 0.6 is 34.3 Å². The third kappa shape index (κ3) is 5.64. The molecule has 4 aromatic carbocycles. The van der Waals surface area contributed by atoms with Crippen LogP contribution < -0.4 is 20.3 Å². The van der Waals surface area contributed by atoms with E-state index >= 15 is 0 Å². The molecule has 0 radical (unpaired) electrons. The van der Waals surface area contributed by atoms with Crippen molar-refractivity contribution in [1.82, 2.24) is 0 Å². The molecule has 0 aliphatic carbocycles. The largest absolute Gasteiger partial charge is 0.494 e. The first-order chi connectivity index (χ1) is 19.0. The summed E-state index contributed by atoms with van der Waals surface area (Å²) in [7, 11) is 0. The second-order valence-corrected chi connectivity index (χ2v) is 11.5. The van der Waals surface area contributed by atoms with Gasteiger partial charge >= 0.3 is 0 Å². The third-order valence-corrected chi connectivity index (χ3v) is 8.78. The lowest BCUT2D eigenvalue weighted by Gasteiger charge is -2.09. The highest BCUT2D eigenvalue weighted by Crippen LogP contribution is 2.35. The number of halogens is 1. The first kappa shape index (κ1) is 27.1. The molecule has 0 saturated carbocycles. The number of rotatable bonds is 6. The minimum absolute atomic E-state index is 0.0266. The molecule has 0 atom stereocenters. The molecule has 6 rings (SSSR count). The van der Waals surface area contributed by atoms with Gasteiger partial charge in [-0.3, -0.25) is 9.59 Å². The van der Waals surface area contributed by atoms with Gasteiger partial charge in [-0.25, -0.2) is 0 Å². The van der Waals surface area contributed by atoms with Gasteiger partial charge in [0.2, 0.25) is 0 Å². The molecular formula is C32H27ClO4S2. The third-order valence-electron chi connectivity index (χ3n) is 6.12. The van der Waals surface area contributed by atoms with Crippen LogP contribution in [0.3, 0.4) is 0 Å². The highest BCUT2D eigenvalue weighted by molar-refractivity contribution is 7.25. The van der Waals surface area contributed by atoms with Crippen LogP contribution in [0.5, 0.6) is 11.5 Å². The van der Waals surface area contributed by atoms with Crippen LogP contribution in [0.25, 0.3) is 40.3 Å². The lowest BCUT2D eigenvalue weighted by Crippen LogP contribution is -2.03. The van der Waals surface area contributed by atoms with E-state index in [-0.39, 0.29) is 10.9 Å². The zero-order chi connectivity index (χ0) is 27.4. The van der Waals surface area contributed by atoms with Crippen LogP contribution in [0.15, 0.2) is 88.5 Å². The zero-order valence-corrected chi connectivity index (χ0v) is 24.1. The molecule has 6 aromatic rings. The summed E-state index contributed by atoms with van der Waals surface area (Å²) in [6.45, 7) is 5.42. The van der Waals surface area contributed by atoms with E-state index in [0.717, 1.165) is 53.9 Å². The van der Waals surface area contributed by atoms with Gasteiger partial charge in [-0.05, 0) is 67.4 Å². The SMILES string of the molecule is CCCOc1ccc(Cl)c2c(=O)c3ccccc3sc12.CCCOc1ccc2sc3ccccc3c(=O)c2c1. The summed E-state index contributed by atoms with van der Waals surface area (Å²) in [5.41, 5.74) is 0.0626. The topological polar surface area (TPSA) is 52.6 Å². The molecule has 0 saturated heterocycles. The summed E-state index contributed by atoms with van der Waals surface area (Å²) < 4.78 is 15.2. The smallest absolute Gasteiger partial charge is 0.197 e. The Morgan fingerprint density at radius 2 is 1.28 bits per heavy atom. The van der Waals surface area contributed by atoms with E-state index in [2.05, 4.69) is 13.8 Å². The van der Waals surface area contributed by atoms with Crippen LogP contribution in [0, 0.1) is 0 Å². The minimum Gasteiger partial charge on any atom is -0.494 e. The second kappa shape index (κ2) is 12.2. The molecule has 0 amide bonds. The van der Waals surface area contributed by atoms with Gasteiger partial charge in [-0.2, -0.15) is 0 Å². The molecule has 0 unspecified atom stereocenters. The number of benzene rings is 4. The fourth-order valence-electron chi connectivity index (χ4n) is 4.26. The minimum atomic E-state index is -0.0266. The van der Waals surface area contributed by atoms with Gasteiger partial charge in [0.05, 0.1) is 28.3 Å². The average molecular weight is 575 g/mol. The van der Waals surface area contributed by atoms with E-state index < -0.39 is 0 Å². The highest BCUT2D eigenvalue weighted by atomic mass is 35.5. The molecule has 4 nitrogen and oxygen atoms in total. The van der Waals surface area contributed by atoms with Crippen molar-refractivity contribution in [2.45, 2.75) is 26.7 Å². The van der Waals surface area contributed by atoms with Crippen molar-refractivity contribution in [1.29, 1.82) is 0 Å². The number of fused-ring (bicyclic) bond motifs is 4. The number of ether oxygens (including phenoxy) is 2. The van der Waals surface area contributed by atoms with Crippen LogP contribution in [0.2, 0.25) is 5.02 Å². The summed E-state index contributed by atoms with van der Waals surface area (Å²) >= 11 is 9.41. The first-order valence-corrected chi connectivity index (χ1v) is 14.9. The van der Waals surface area contributed by atoms with E-state index in [0.29, 0.717) is 29.0 Å². The summed E-state index contributed by atoms with van der Waals surface area (Å²) in [6, 6.07) is 24.7. The van der Waals surface area contributed by atoms with Crippen molar-refractivity contribution in [3.05, 3.63) is 104 Å². The van der Waals surface area contributed by atoms with Crippen molar-refractivity contribution in [2.24, 2.45) is 0 Å². The average Bonchev–Trinajstić information content (AvgIpc) is 2.96. The quantitative estimate of drug-likeness (QED) is 0.186. The molecule has 0 fully saturated rings. The number of hydrogen-bond acceptors (Lipinski definition) is 6. The predicted molar refractivity (Wildman–Crippen MR) is 168 cm³/mol. The zero-order valence-electron chi connectivity index (χ0n) is 21.7. The molecule has 0 bridgehead atoms. The molecule has 39 heavy (non-hydrogen) atoms. The van der Waals surface area contributed by atoms with Gasteiger partial charge in [-0.15, -0.1) is 22.7 Å². The monoisotopic (exact) mass is 574 g/mol. The molecule has 7 heteroatoms. The van der Waals surface area contributed by atoms with Gasteiger partial charge in [0, 0.05) is 30.3 Å². The van der Waals surface area contributed by atoms with Crippen LogP contribution in [0.4, 0.5) is 0 Å². The Bertz CT molecular complexity index is 1910. The van der Waals surface area contributed by atoms with Crippen molar-refractivity contribution in [3.63, 3.8) is 0 Å². The normalized spacial score (nSPS) is 11.1. The lowest BCUT2D eigenvalue weighted by atomic mass is 10.2. The predicted octanol–water partition coefficient (Wildman–Crippen LogP) is 9.06. The summed E-state index contributed by atoms with van der Waals surface area (Å²) in [5, 5.41) is 3.28. The highest BCUT2D eigenvalue weighted by Gasteiger charge is 2.13. The van der Waals surface area contributed by atoms with Crippen molar-refractivity contribution in [3.8, 4) is 11.5 Å². The van der Waals surface area contributed by atoms with E-state index in [1.165, 1.54) is 0 Å². The Kier molecular flexibility index (Phi) is 8.46. The second-order valence-electron chi connectivity index (χ2n) is 8.96. The van der Waals surface area contributed by atoms with Gasteiger partial charge in [0.1, 0.15) is 11.5 Å². The van der Waals surface area contributed by atoms with E-state index in [4.69, 9.17) is 21.1 Å². The molecule has 0 aliphatic heterocycles. The molecule has 0 spiro atoms. The van der Waals surface area contributed by atoms with E-state index in [1.807, 2.05) is 72.8 Å². The van der Waals surface area contributed by atoms with Crippen LogP contribution in [0.1, 0.15) is 26.7 Å². The molecule has 2 aromatic heterocycles.